The number of aliphatic hydroxyl groups is 1. The van der Waals surface area contributed by atoms with E-state index in [0.717, 1.165) is 0 Å². The lowest BCUT2D eigenvalue weighted by Crippen LogP contribution is -2.58. The maximum Gasteiger partial charge on any atom is 0.326 e. The summed E-state index contributed by atoms with van der Waals surface area (Å²) in [6.45, 7) is 5.40. The summed E-state index contributed by atoms with van der Waals surface area (Å²) in [5.41, 5.74) is 5.84. The summed E-state index contributed by atoms with van der Waals surface area (Å²) >= 11 is 0. The van der Waals surface area contributed by atoms with Crippen LogP contribution < -0.4 is 11.1 Å². The van der Waals surface area contributed by atoms with Crippen molar-refractivity contribution in [1.82, 2.24) is 10.2 Å². The molecule has 0 bridgehead atoms. The van der Waals surface area contributed by atoms with E-state index in [1.54, 1.807) is 0 Å². The largest absolute Gasteiger partial charge is 0.480 e. The van der Waals surface area contributed by atoms with Crippen LogP contribution in [0.15, 0.2) is 0 Å². The Labute approximate surface area is 136 Å². The van der Waals surface area contributed by atoms with Gasteiger partial charge in [-0.1, -0.05) is 20.3 Å². The second-order valence-electron chi connectivity index (χ2n) is 6.17. The van der Waals surface area contributed by atoms with Crippen LogP contribution in [0.2, 0.25) is 0 Å². The Kier molecular flexibility index (Phi) is 6.96. The van der Waals surface area contributed by atoms with Gasteiger partial charge in [-0.2, -0.15) is 0 Å². The highest BCUT2D eigenvalue weighted by Crippen LogP contribution is 2.19. The van der Waals surface area contributed by atoms with Crippen LogP contribution >= 0.6 is 0 Å². The Bertz CT molecular complexity index is 454. The van der Waals surface area contributed by atoms with Crippen molar-refractivity contribution in [1.29, 1.82) is 0 Å². The molecule has 0 aliphatic carbocycles. The zero-order valence-electron chi connectivity index (χ0n) is 13.9. The molecule has 0 saturated carbocycles. The van der Waals surface area contributed by atoms with Gasteiger partial charge in [0.1, 0.15) is 12.1 Å². The van der Waals surface area contributed by atoms with Crippen LogP contribution in [0.1, 0.15) is 40.0 Å². The van der Waals surface area contributed by atoms with E-state index in [2.05, 4.69) is 5.32 Å². The number of nitrogens with one attached hydrogen (secondary N) is 1. The van der Waals surface area contributed by atoms with Crippen molar-refractivity contribution in [3.8, 4) is 0 Å². The summed E-state index contributed by atoms with van der Waals surface area (Å²) in [5, 5.41) is 21.5. The Morgan fingerprint density at radius 2 is 1.96 bits per heavy atom. The van der Waals surface area contributed by atoms with E-state index in [1.807, 2.05) is 13.8 Å². The van der Waals surface area contributed by atoms with Gasteiger partial charge in [0.05, 0.1) is 12.1 Å². The highest BCUT2D eigenvalue weighted by atomic mass is 16.4. The highest BCUT2D eigenvalue weighted by Gasteiger charge is 2.39. The van der Waals surface area contributed by atoms with Gasteiger partial charge < -0.3 is 26.2 Å². The summed E-state index contributed by atoms with van der Waals surface area (Å²) in [6.07, 6.45) is 0.504. The summed E-state index contributed by atoms with van der Waals surface area (Å²) in [4.78, 5) is 37.1. The number of carbonyl (C=O) groups is 3. The van der Waals surface area contributed by atoms with E-state index < -0.39 is 42.0 Å². The minimum absolute atomic E-state index is 0.0710. The molecule has 5 N–H and O–H groups in total. The molecule has 0 spiro atoms. The molecule has 5 atom stereocenters. The van der Waals surface area contributed by atoms with Crippen LogP contribution in [0.5, 0.6) is 0 Å². The van der Waals surface area contributed by atoms with Crippen LogP contribution in [0.3, 0.4) is 0 Å². The minimum atomic E-state index is -1.20. The summed E-state index contributed by atoms with van der Waals surface area (Å²) in [7, 11) is 0. The number of amides is 2. The number of aliphatic carboxylic acids is 1. The molecular formula is C15H27N3O5. The van der Waals surface area contributed by atoms with Gasteiger partial charge in [-0.3, -0.25) is 9.59 Å². The zero-order valence-corrected chi connectivity index (χ0v) is 13.9. The predicted molar refractivity (Wildman–Crippen MR) is 83.4 cm³/mol. The molecule has 1 aliphatic rings. The first kappa shape index (κ1) is 19.4. The molecule has 23 heavy (non-hydrogen) atoms. The van der Waals surface area contributed by atoms with Crippen LogP contribution in [0, 0.1) is 5.92 Å². The van der Waals surface area contributed by atoms with Crippen LogP contribution in [-0.4, -0.2) is 63.7 Å². The fourth-order valence-electron chi connectivity index (χ4n) is 2.62. The average Bonchev–Trinajstić information content (AvgIpc) is 2.99. The molecule has 0 aromatic carbocycles. The molecule has 1 rings (SSSR count). The molecule has 1 saturated heterocycles. The maximum absolute atomic E-state index is 12.5. The monoisotopic (exact) mass is 329 g/mol. The fourth-order valence-corrected chi connectivity index (χ4v) is 2.62. The minimum Gasteiger partial charge on any atom is -0.480 e. The lowest BCUT2D eigenvalue weighted by atomic mass is 9.98. The number of carbonyl (C=O) groups excluding carboxylic acids is 2. The maximum atomic E-state index is 12.5. The van der Waals surface area contributed by atoms with E-state index >= 15 is 0 Å². The van der Waals surface area contributed by atoms with E-state index in [1.165, 1.54) is 11.8 Å². The molecule has 1 heterocycles. The van der Waals surface area contributed by atoms with Crippen molar-refractivity contribution in [2.75, 3.05) is 6.54 Å². The van der Waals surface area contributed by atoms with Gasteiger partial charge in [-0.05, 0) is 25.7 Å². The van der Waals surface area contributed by atoms with Crippen molar-refractivity contribution in [3.05, 3.63) is 0 Å². The lowest BCUT2D eigenvalue weighted by molar-refractivity contribution is -0.150. The first-order chi connectivity index (χ1) is 10.7. The van der Waals surface area contributed by atoms with E-state index in [0.29, 0.717) is 25.8 Å². The van der Waals surface area contributed by atoms with Crippen molar-refractivity contribution in [2.45, 2.75) is 64.3 Å². The smallest absolute Gasteiger partial charge is 0.326 e. The second kappa shape index (κ2) is 8.26. The molecule has 1 aliphatic heterocycles. The standard InChI is InChI=1S/C15H27N3O5/c1-4-8(2)11(16)13(20)17-12(9(3)19)14(21)18-7-5-6-10(18)15(22)23/h8-12,19H,4-7,16H2,1-3H3,(H,17,20)(H,22,23)/t8-,9+,10+,11-,12-/m0/s1. The molecule has 2 amide bonds. The van der Waals surface area contributed by atoms with Crippen LogP contribution in [0.25, 0.3) is 0 Å². The van der Waals surface area contributed by atoms with Gasteiger partial charge in [0.15, 0.2) is 0 Å². The third-order valence-electron chi connectivity index (χ3n) is 4.43. The van der Waals surface area contributed by atoms with Gasteiger partial charge >= 0.3 is 5.97 Å². The molecule has 8 heteroatoms. The molecule has 0 unspecified atom stereocenters. The molecule has 1 fully saturated rings. The topological polar surface area (TPSA) is 133 Å². The number of aliphatic hydroxyl groups excluding tert-OH is 1. The summed E-state index contributed by atoms with van der Waals surface area (Å²) in [6, 6.07) is -2.90. The van der Waals surface area contributed by atoms with Crippen LogP contribution in [-0.2, 0) is 14.4 Å². The number of nitrogens with zero attached hydrogens (tertiary/aromatic N) is 1. The number of hydrogen-bond donors (Lipinski definition) is 4. The SMILES string of the molecule is CC[C@H](C)[C@H](N)C(=O)N[C@H](C(=O)N1CCC[C@@H]1C(=O)O)[C@@H](C)O. The summed E-state index contributed by atoms with van der Waals surface area (Å²) in [5.74, 6) is -2.26. The number of hydrogen-bond acceptors (Lipinski definition) is 5. The van der Waals surface area contributed by atoms with Crippen LogP contribution in [0.4, 0.5) is 0 Å². The first-order valence-corrected chi connectivity index (χ1v) is 7.98. The molecule has 8 nitrogen and oxygen atoms in total. The van der Waals surface area contributed by atoms with E-state index in [-0.39, 0.29) is 5.92 Å². The normalized spacial score (nSPS) is 23.0. The zero-order chi connectivity index (χ0) is 17.7. The predicted octanol–water partition coefficient (Wildman–Crippen LogP) is -0.699. The molecule has 132 valence electrons. The number of likely N-dealkylation sites (tertiary alicyclic amines) is 1. The van der Waals surface area contributed by atoms with Crippen molar-refractivity contribution >= 4 is 17.8 Å². The van der Waals surface area contributed by atoms with Gasteiger partial charge in [-0.15, -0.1) is 0 Å². The molecule has 0 aromatic heterocycles. The average molecular weight is 329 g/mol. The molecular weight excluding hydrogens is 302 g/mol. The van der Waals surface area contributed by atoms with Gasteiger partial charge in [0.25, 0.3) is 0 Å². The van der Waals surface area contributed by atoms with Gasteiger partial charge in [0, 0.05) is 6.54 Å². The van der Waals surface area contributed by atoms with Crippen molar-refractivity contribution < 1.29 is 24.6 Å². The highest BCUT2D eigenvalue weighted by molar-refractivity contribution is 5.92. The van der Waals surface area contributed by atoms with Gasteiger partial charge in [0.2, 0.25) is 11.8 Å². The summed E-state index contributed by atoms with van der Waals surface area (Å²) < 4.78 is 0. The number of carboxylic acids is 1. The third-order valence-corrected chi connectivity index (χ3v) is 4.43. The number of rotatable bonds is 7. The Balaban J connectivity index is 2.84. The fraction of sp³-hybridized carbons (Fsp3) is 0.800. The Hall–Kier alpha value is -1.67. The third kappa shape index (κ3) is 4.65. The first-order valence-electron chi connectivity index (χ1n) is 7.98. The number of carboxylic acid groups (broad SMARTS) is 1. The van der Waals surface area contributed by atoms with Crippen molar-refractivity contribution in [3.63, 3.8) is 0 Å². The molecule has 0 radical (unpaired) electrons. The van der Waals surface area contributed by atoms with E-state index in [9.17, 15) is 19.5 Å². The lowest BCUT2D eigenvalue weighted by Gasteiger charge is -2.30. The number of nitrogens with two attached hydrogens (primary N) is 1. The Morgan fingerprint density at radius 3 is 2.43 bits per heavy atom. The van der Waals surface area contributed by atoms with E-state index in [4.69, 9.17) is 10.8 Å². The Morgan fingerprint density at radius 1 is 1.35 bits per heavy atom. The second-order valence-corrected chi connectivity index (χ2v) is 6.17. The van der Waals surface area contributed by atoms with Gasteiger partial charge in [-0.25, -0.2) is 4.79 Å². The molecule has 0 aromatic rings. The van der Waals surface area contributed by atoms with Crippen molar-refractivity contribution in [2.24, 2.45) is 11.7 Å². The quantitative estimate of drug-likeness (QED) is 0.488.